The molecular weight excluding hydrogens is 200 g/mol. The number of hydrogen-bond donors (Lipinski definition) is 0. The van der Waals surface area contributed by atoms with Crippen LogP contribution in [0, 0.1) is 28.6 Å². The molecule has 1 aromatic carbocycles. The van der Waals surface area contributed by atoms with Crippen molar-refractivity contribution in [2.24, 2.45) is 10.9 Å². The van der Waals surface area contributed by atoms with Crippen molar-refractivity contribution in [2.45, 2.75) is 0 Å². The molecular formula is C12H12N4. The summed E-state index contributed by atoms with van der Waals surface area (Å²) < 4.78 is 0. The molecule has 0 spiro atoms. The van der Waals surface area contributed by atoms with Crippen LogP contribution in [-0.2, 0) is 0 Å². The standard InChI is InChI=1S/C12H12N4/c1-16(2)12-5-3-11(4-6-12)15-9-10(7-13)8-14/h3-6,9-10H,1-2H3. The van der Waals surface area contributed by atoms with E-state index in [1.165, 1.54) is 6.21 Å². The number of anilines is 1. The van der Waals surface area contributed by atoms with Crippen LogP contribution < -0.4 is 4.90 Å². The second-order valence-corrected chi connectivity index (χ2v) is 3.42. The molecule has 4 nitrogen and oxygen atoms in total. The third-order valence-corrected chi connectivity index (χ3v) is 2.02. The first-order chi connectivity index (χ1) is 7.67. The minimum absolute atomic E-state index is 0.737. The second-order valence-electron chi connectivity index (χ2n) is 3.42. The van der Waals surface area contributed by atoms with Gasteiger partial charge in [0.2, 0.25) is 0 Å². The van der Waals surface area contributed by atoms with Gasteiger partial charge >= 0.3 is 0 Å². The van der Waals surface area contributed by atoms with E-state index in [1.54, 1.807) is 0 Å². The Labute approximate surface area is 95.1 Å². The van der Waals surface area contributed by atoms with Gasteiger partial charge in [-0.15, -0.1) is 0 Å². The van der Waals surface area contributed by atoms with Crippen molar-refractivity contribution in [3.05, 3.63) is 24.3 Å². The van der Waals surface area contributed by atoms with E-state index in [9.17, 15) is 0 Å². The number of rotatable bonds is 3. The zero-order chi connectivity index (χ0) is 12.0. The lowest BCUT2D eigenvalue weighted by Gasteiger charge is -2.11. The first kappa shape index (κ1) is 11.7. The molecule has 0 bridgehead atoms. The Hall–Kier alpha value is -2.33. The fraction of sp³-hybridized carbons (Fsp3) is 0.250. The van der Waals surface area contributed by atoms with Gasteiger partial charge in [-0.05, 0) is 24.3 Å². The summed E-state index contributed by atoms with van der Waals surface area (Å²) in [6.07, 6.45) is 1.35. The Morgan fingerprint density at radius 1 is 1.19 bits per heavy atom. The van der Waals surface area contributed by atoms with Gasteiger partial charge in [0.1, 0.15) is 0 Å². The van der Waals surface area contributed by atoms with Crippen LogP contribution in [0.2, 0.25) is 0 Å². The highest BCUT2D eigenvalue weighted by Gasteiger charge is 1.99. The summed E-state index contributed by atoms with van der Waals surface area (Å²) >= 11 is 0. The number of nitrogens with zero attached hydrogens (tertiary/aromatic N) is 4. The van der Waals surface area contributed by atoms with E-state index in [1.807, 2.05) is 55.4 Å². The van der Waals surface area contributed by atoms with Gasteiger partial charge < -0.3 is 4.90 Å². The van der Waals surface area contributed by atoms with Gasteiger partial charge in [0.25, 0.3) is 0 Å². The molecule has 80 valence electrons. The molecule has 0 aliphatic rings. The van der Waals surface area contributed by atoms with E-state index in [2.05, 4.69) is 4.99 Å². The van der Waals surface area contributed by atoms with Crippen molar-refractivity contribution in [3.63, 3.8) is 0 Å². The summed E-state index contributed by atoms with van der Waals surface area (Å²) in [6.45, 7) is 0. The highest BCUT2D eigenvalue weighted by molar-refractivity contribution is 5.71. The van der Waals surface area contributed by atoms with Crippen LogP contribution in [0.4, 0.5) is 11.4 Å². The molecule has 0 saturated heterocycles. The van der Waals surface area contributed by atoms with Crippen LogP contribution in [0.3, 0.4) is 0 Å². The van der Waals surface area contributed by atoms with Gasteiger partial charge in [-0.2, -0.15) is 10.5 Å². The van der Waals surface area contributed by atoms with Crippen LogP contribution in [0.5, 0.6) is 0 Å². The van der Waals surface area contributed by atoms with E-state index >= 15 is 0 Å². The summed E-state index contributed by atoms with van der Waals surface area (Å²) in [5, 5.41) is 17.1. The van der Waals surface area contributed by atoms with Crippen LogP contribution in [0.1, 0.15) is 0 Å². The predicted molar refractivity (Wildman–Crippen MR) is 63.6 cm³/mol. The molecule has 0 saturated carbocycles. The van der Waals surface area contributed by atoms with Crippen LogP contribution >= 0.6 is 0 Å². The Morgan fingerprint density at radius 2 is 1.75 bits per heavy atom. The first-order valence-corrected chi connectivity index (χ1v) is 4.78. The smallest absolute Gasteiger partial charge is 0.168 e. The molecule has 0 aliphatic carbocycles. The summed E-state index contributed by atoms with van der Waals surface area (Å²) in [7, 11) is 3.92. The zero-order valence-corrected chi connectivity index (χ0v) is 9.25. The maximum atomic E-state index is 8.55. The SMILES string of the molecule is CN(C)c1ccc(N=CC(C#N)C#N)cc1. The largest absolute Gasteiger partial charge is 0.378 e. The third-order valence-electron chi connectivity index (χ3n) is 2.02. The maximum Gasteiger partial charge on any atom is 0.168 e. The van der Waals surface area contributed by atoms with Gasteiger partial charge in [0.15, 0.2) is 5.92 Å². The normalized spacial score (nSPS) is 10.1. The average Bonchev–Trinajstić information content (AvgIpc) is 2.31. The molecule has 0 radical (unpaired) electrons. The van der Waals surface area contributed by atoms with E-state index in [4.69, 9.17) is 10.5 Å². The third kappa shape index (κ3) is 3.11. The maximum absolute atomic E-state index is 8.55. The average molecular weight is 212 g/mol. The van der Waals surface area contributed by atoms with Gasteiger partial charge in [-0.3, -0.25) is 4.99 Å². The first-order valence-electron chi connectivity index (χ1n) is 4.78. The van der Waals surface area contributed by atoms with Gasteiger partial charge in [-0.1, -0.05) is 0 Å². The number of benzene rings is 1. The number of nitriles is 2. The Morgan fingerprint density at radius 3 is 2.19 bits per heavy atom. The molecule has 0 aliphatic heterocycles. The van der Waals surface area contributed by atoms with Gasteiger partial charge in [0, 0.05) is 26.0 Å². The number of hydrogen-bond acceptors (Lipinski definition) is 4. The lowest BCUT2D eigenvalue weighted by atomic mass is 10.2. The summed E-state index contributed by atoms with van der Waals surface area (Å²) in [4.78, 5) is 6.05. The van der Waals surface area contributed by atoms with E-state index in [-0.39, 0.29) is 0 Å². The lowest BCUT2D eigenvalue weighted by Crippen LogP contribution is -2.07. The highest BCUT2D eigenvalue weighted by Crippen LogP contribution is 2.17. The van der Waals surface area contributed by atoms with E-state index in [0.717, 1.165) is 11.4 Å². The molecule has 0 fully saturated rings. The Bertz CT molecular complexity index is 431. The molecule has 1 rings (SSSR count). The quantitative estimate of drug-likeness (QED) is 0.721. The van der Waals surface area contributed by atoms with Crippen molar-refractivity contribution in [3.8, 4) is 12.1 Å². The minimum Gasteiger partial charge on any atom is -0.378 e. The fourth-order valence-electron chi connectivity index (χ4n) is 1.09. The van der Waals surface area contributed by atoms with Crippen molar-refractivity contribution in [1.29, 1.82) is 10.5 Å². The molecule has 4 heteroatoms. The lowest BCUT2D eigenvalue weighted by molar-refractivity contribution is 1.13. The van der Waals surface area contributed by atoms with Crippen molar-refractivity contribution >= 4 is 17.6 Å². The monoisotopic (exact) mass is 212 g/mol. The summed E-state index contributed by atoms with van der Waals surface area (Å²) in [5.41, 5.74) is 1.82. The zero-order valence-electron chi connectivity index (χ0n) is 9.25. The summed E-state index contributed by atoms with van der Waals surface area (Å²) in [5.74, 6) is -0.784. The van der Waals surface area contributed by atoms with Crippen LogP contribution in [0.15, 0.2) is 29.3 Å². The minimum atomic E-state index is -0.784. The molecule has 1 aromatic rings. The van der Waals surface area contributed by atoms with Crippen molar-refractivity contribution in [1.82, 2.24) is 0 Å². The second kappa shape index (κ2) is 5.53. The van der Waals surface area contributed by atoms with E-state index < -0.39 is 5.92 Å². The Balaban J connectivity index is 2.77. The molecule has 0 N–H and O–H groups in total. The van der Waals surface area contributed by atoms with Gasteiger partial charge in [-0.25, -0.2) is 0 Å². The van der Waals surface area contributed by atoms with Crippen LogP contribution in [0.25, 0.3) is 0 Å². The number of aliphatic imine (C=N–C) groups is 1. The fourth-order valence-corrected chi connectivity index (χ4v) is 1.09. The molecule has 0 aromatic heterocycles. The van der Waals surface area contributed by atoms with Crippen molar-refractivity contribution in [2.75, 3.05) is 19.0 Å². The Kier molecular flexibility index (Phi) is 4.06. The van der Waals surface area contributed by atoms with Crippen molar-refractivity contribution < 1.29 is 0 Å². The van der Waals surface area contributed by atoms with Crippen LogP contribution in [-0.4, -0.2) is 20.3 Å². The highest BCUT2D eigenvalue weighted by atomic mass is 15.1. The molecule has 0 heterocycles. The molecule has 0 atom stereocenters. The summed E-state index contributed by atoms with van der Waals surface area (Å²) in [6, 6.07) is 11.2. The molecule has 0 amide bonds. The predicted octanol–water partition coefficient (Wildman–Crippen LogP) is 2.12. The topological polar surface area (TPSA) is 63.2 Å². The molecule has 0 unspecified atom stereocenters. The van der Waals surface area contributed by atoms with Gasteiger partial charge in [0.05, 0.1) is 17.8 Å². The van der Waals surface area contributed by atoms with E-state index in [0.29, 0.717) is 0 Å². The molecule has 16 heavy (non-hydrogen) atoms.